The van der Waals surface area contributed by atoms with Crippen LogP contribution < -0.4 is 5.56 Å². The highest BCUT2D eigenvalue weighted by molar-refractivity contribution is 6.31. The molecule has 5 rings (SSSR count). The van der Waals surface area contributed by atoms with Crippen molar-refractivity contribution in [2.75, 3.05) is 13.1 Å². The molecule has 1 atom stereocenters. The van der Waals surface area contributed by atoms with E-state index in [4.69, 9.17) is 28.2 Å². The lowest BCUT2D eigenvalue weighted by Crippen LogP contribution is -2.40. The third-order valence-electron chi connectivity index (χ3n) is 5.86. The number of carbonyl (C=O) groups is 1. The molecule has 0 bridgehead atoms. The van der Waals surface area contributed by atoms with Gasteiger partial charge in [0.15, 0.2) is 11.2 Å². The number of halogens is 2. The number of aromatic amines is 1. The topological polar surface area (TPSA) is 96.8 Å². The molecule has 0 unspecified atom stereocenters. The number of nitrogens with zero attached hydrogens (tertiary/aromatic N) is 5. The summed E-state index contributed by atoms with van der Waals surface area (Å²) in [6, 6.07) is 14.3. The number of benzene rings is 2. The minimum absolute atomic E-state index is 0.0646. The van der Waals surface area contributed by atoms with Crippen molar-refractivity contribution in [3.8, 4) is 0 Å². The number of amides is 1. The van der Waals surface area contributed by atoms with Gasteiger partial charge in [-0.15, -0.1) is 5.10 Å². The summed E-state index contributed by atoms with van der Waals surface area (Å²) in [7, 11) is 0. The zero-order valence-electron chi connectivity index (χ0n) is 17.5. The minimum atomic E-state index is -0.346. The molecule has 1 aliphatic heterocycles. The lowest BCUT2D eigenvalue weighted by molar-refractivity contribution is 0.0704. The number of nitrogens with one attached hydrogen (secondary N) is 1. The summed E-state index contributed by atoms with van der Waals surface area (Å²) in [6.45, 7) is 1.45. The van der Waals surface area contributed by atoms with Crippen LogP contribution >= 0.6 is 23.2 Å². The summed E-state index contributed by atoms with van der Waals surface area (Å²) >= 11 is 12.2. The van der Waals surface area contributed by atoms with Gasteiger partial charge in [-0.25, -0.2) is 9.67 Å². The number of aromatic nitrogens is 5. The van der Waals surface area contributed by atoms with E-state index in [9.17, 15) is 9.59 Å². The third kappa shape index (κ3) is 4.36. The lowest BCUT2D eigenvalue weighted by atomic mass is 9.96. The number of rotatable bonds is 4. The van der Waals surface area contributed by atoms with E-state index in [1.165, 1.54) is 0 Å². The van der Waals surface area contributed by atoms with Crippen LogP contribution in [-0.4, -0.2) is 48.9 Å². The van der Waals surface area contributed by atoms with Crippen LogP contribution in [0.1, 0.15) is 40.5 Å². The molecule has 1 amide bonds. The Kier molecular flexibility index (Phi) is 5.86. The van der Waals surface area contributed by atoms with Crippen LogP contribution in [0.15, 0.2) is 53.3 Å². The Morgan fingerprint density at radius 1 is 1.12 bits per heavy atom. The number of fused-ring (bicyclic) bond motifs is 1. The largest absolute Gasteiger partial charge is 0.338 e. The predicted octanol–water partition coefficient (Wildman–Crippen LogP) is 3.89. The molecule has 168 valence electrons. The van der Waals surface area contributed by atoms with Gasteiger partial charge in [0, 0.05) is 34.6 Å². The van der Waals surface area contributed by atoms with Gasteiger partial charge in [0.25, 0.3) is 11.5 Å². The van der Waals surface area contributed by atoms with E-state index in [-0.39, 0.29) is 22.9 Å². The number of likely N-dealkylation sites (tertiary alicyclic amines) is 1. The minimum Gasteiger partial charge on any atom is -0.338 e. The Labute approximate surface area is 199 Å². The van der Waals surface area contributed by atoms with E-state index in [0.29, 0.717) is 46.7 Å². The Morgan fingerprint density at radius 3 is 2.70 bits per heavy atom. The van der Waals surface area contributed by atoms with Crippen LogP contribution in [0.25, 0.3) is 11.2 Å². The van der Waals surface area contributed by atoms with Crippen molar-refractivity contribution < 1.29 is 4.79 Å². The van der Waals surface area contributed by atoms with Crippen LogP contribution in [0.5, 0.6) is 0 Å². The SMILES string of the molecule is O=C(c1ccc(Cl)cc1)N1CCC[C@@H](c2nc3c(nnn3Cc3ccccc3Cl)c(=O)[nH]2)C1. The molecule has 10 heteroatoms. The molecule has 33 heavy (non-hydrogen) atoms. The summed E-state index contributed by atoms with van der Waals surface area (Å²) in [5, 5.41) is 9.32. The van der Waals surface area contributed by atoms with E-state index in [1.807, 2.05) is 18.2 Å². The van der Waals surface area contributed by atoms with Crippen molar-refractivity contribution in [1.29, 1.82) is 0 Å². The number of piperidine rings is 1. The zero-order valence-corrected chi connectivity index (χ0v) is 19.1. The highest BCUT2D eigenvalue weighted by Gasteiger charge is 2.28. The van der Waals surface area contributed by atoms with Crippen molar-refractivity contribution in [3.05, 3.63) is 85.9 Å². The molecule has 1 saturated heterocycles. The fraction of sp³-hybridized carbons (Fsp3) is 0.261. The van der Waals surface area contributed by atoms with E-state index in [0.717, 1.165) is 18.4 Å². The molecule has 1 aliphatic rings. The maximum absolute atomic E-state index is 13.0. The van der Waals surface area contributed by atoms with Gasteiger partial charge in [-0.2, -0.15) is 0 Å². The number of hydrogen-bond donors (Lipinski definition) is 1. The van der Waals surface area contributed by atoms with Gasteiger partial charge in [0.1, 0.15) is 5.82 Å². The molecule has 4 aromatic rings. The summed E-state index contributed by atoms with van der Waals surface area (Å²) in [5.74, 6) is 0.366. The molecule has 3 heterocycles. The van der Waals surface area contributed by atoms with Gasteiger partial charge in [0.2, 0.25) is 0 Å². The molecule has 8 nitrogen and oxygen atoms in total. The van der Waals surface area contributed by atoms with Crippen LogP contribution in [0.3, 0.4) is 0 Å². The second-order valence-corrected chi connectivity index (χ2v) is 8.90. The first-order valence-electron chi connectivity index (χ1n) is 10.6. The highest BCUT2D eigenvalue weighted by atomic mass is 35.5. The highest BCUT2D eigenvalue weighted by Crippen LogP contribution is 2.26. The first-order chi connectivity index (χ1) is 16.0. The van der Waals surface area contributed by atoms with E-state index < -0.39 is 0 Å². The average molecular weight is 483 g/mol. The fourth-order valence-corrected chi connectivity index (χ4v) is 4.45. The molecule has 2 aromatic heterocycles. The van der Waals surface area contributed by atoms with Gasteiger partial charge in [-0.05, 0) is 48.7 Å². The van der Waals surface area contributed by atoms with E-state index >= 15 is 0 Å². The Morgan fingerprint density at radius 2 is 1.91 bits per heavy atom. The molecular weight excluding hydrogens is 463 g/mol. The first kappa shape index (κ1) is 21.6. The van der Waals surface area contributed by atoms with Gasteiger partial charge in [-0.3, -0.25) is 9.59 Å². The predicted molar refractivity (Wildman–Crippen MR) is 126 cm³/mol. The molecule has 2 aromatic carbocycles. The molecule has 1 fully saturated rings. The van der Waals surface area contributed by atoms with Crippen molar-refractivity contribution in [3.63, 3.8) is 0 Å². The van der Waals surface area contributed by atoms with Crippen LogP contribution in [0.4, 0.5) is 0 Å². The van der Waals surface area contributed by atoms with E-state index in [1.54, 1.807) is 39.9 Å². The van der Waals surface area contributed by atoms with Gasteiger partial charge in [0.05, 0.1) is 6.54 Å². The van der Waals surface area contributed by atoms with Gasteiger partial charge < -0.3 is 9.88 Å². The Hall–Kier alpha value is -3.23. The van der Waals surface area contributed by atoms with Crippen molar-refractivity contribution in [2.24, 2.45) is 0 Å². The summed E-state index contributed by atoms with van der Waals surface area (Å²) < 4.78 is 1.58. The molecule has 0 aliphatic carbocycles. The van der Waals surface area contributed by atoms with Crippen LogP contribution in [0, 0.1) is 0 Å². The van der Waals surface area contributed by atoms with Crippen LogP contribution in [-0.2, 0) is 6.54 Å². The number of hydrogen-bond acceptors (Lipinski definition) is 5. The van der Waals surface area contributed by atoms with Crippen molar-refractivity contribution in [1.82, 2.24) is 29.9 Å². The normalized spacial score (nSPS) is 16.3. The first-order valence-corrected chi connectivity index (χ1v) is 11.4. The maximum Gasteiger partial charge on any atom is 0.281 e. The Bertz CT molecular complexity index is 1380. The van der Waals surface area contributed by atoms with Crippen LogP contribution in [0.2, 0.25) is 10.0 Å². The zero-order chi connectivity index (χ0) is 22.9. The second kappa shape index (κ2) is 8.96. The lowest BCUT2D eigenvalue weighted by Gasteiger charge is -2.32. The fourth-order valence-electron chi connectivity index (χ4n) is 4.13. The molecule has 0 radical (unpaired) electrons. The Balaban J connectivity index is 1.43. The second-order valence-electron chi connectivity index (χ2n) is 8.06. The standard InChI is InChI=1S/C23H20Cl2N6O2/c24-17-9-7-14(8-10-17)23(33)30-11-3-5-16(12-30)20-26-21-19(22(32)27-20)28-29-31(21)13-15-4-1-2-6-18(15)25/h1-2,4,6-10,16H,3,5,11-13H2,(H,26,27,32)/t16-/m1/s1. The third-order valence-corrected chi connectivity index (χ3v) is 6.48. The molecule has 0 spiro atoms. The summed E-state index contributed by atoms with van der Waals surface area (Å²) in [6.07, 6.45) is 1.62. The van der Waals surface area contributed by atoms with Gasteiger partial charge in [-0.1, -0.05) is 46.6 Å². The maximum atomic E-state index is 13.0. The summed E-state index contributed by atoms with van der Waals surface area (Å²) in [5.41, 5.74) is 1.66. The van der Waals surface area contributed by atoms with Crippen molar-refractivity contribution in [2.45, 2.75) is 25.3 Å². The molecule has 1 N–H and O–H groups in total. The van der Waals surface area contributed by atoms with Crippen molar-refractivity contribution >= 4 is 40.3 Å². The molecular formula is C23H20Cl2N6O2. The average Bonchev–Trinajstić information content (AvgIpc) is 3.24. The monoisotopic (exact) mass is 482 g/mol. The quantitative estimate of drug-likeness (QED) is 0.475. The summed E-state index contributed by atoms with van der Waals surface area (Å²) in [4.78, 5) is 35.0. The van der Waals surface area contributed by atoms with E-state index in [2.05, 4.69) is 15.3 Å². The molecule has 0 saturated carbocycles. The number of H-pyrrole nitrogens is 1. The smallest absolute Gasteiger partial charge is 0.281 e. The number of carbonyl (C=O) groups excluding carboxylic acids is 1. The van der Waals surface area contributed by atoms with Gasteiger partial charge >= 0.3 is 0 Å².